The molecule has 0 saturated carbocycles. The highest BCUT2D eigenvalue weighted by atomic mass is 35.5. The molecule has 96 valence electrons. The van der Waals surface area contributed by atoms with Crippen molar-refractivity contribution in [1.82, 2.24) is 0 Å². The van der Waals surface area contributed by atoms with Crippen LogP contribution in [0.5, 0.6) is 5.75 Å². The van der Waals surface area contributed by atoms with Crippen molar-refractivity contribution in [3.8, 4) is 16.9 Å². The zero-order chi connectivity index (χ0) is 12.4. The minimum absolute atomic E-state index is 0. The van der Waals surface area contributed by atoms with Crippen molar-refractivity contribution in [1.29, 1.82) is 0 Å². The zero-order valence-corrected chi connectivity index (χ0v) is 10.4. The van der Waals surface area contributed by atoms with Crippen LogP contribution < -0.4 is 10.5 Å². The van der Waals surface area contributed by atoms with Gasteiger partial charge in [0.25, 0.3) is 0 Å². The molecule has 0 aliphatic carbocycles. The van der Waals surface area contributed by atoms with E-state index < -0.39 is 17.3 Å². The molecule has 2 aromatic rings. The number of rotatable bonds is 2. The summed E-state index contributed by atoms with van der Waals surface area (Å²) in [7, 11) is 1.53. The minimum Gasteiger partial charge on any atom is -0.497 e. The van der Waals surface area contributed by atoms with Gasteiger partial charge in [0.15, 0.2) is 0 Å². The Hall–Kier alpha value is -1.81. The van der Waals surface area contributed by atoms with E-state index in [1.807, 2.05) is 0 Å². The summed E-state index contributed by atoms with van der Waals surface area (Å²) in [6, 6.07) is 9.35. The highest BCUT2D eigenvalue weighted by Gasteiger charge is 2.09. The van der Waals surface area contributed by atoms with Gasteiger partial charge in [-0.05, 0) is 35.4 Å². The first-order chi connectivity index (χ1) is 8.11. The molecule has 18 heavy (non-hydrogen) atoms. The molecule has 0 amide bonds. The van der Waals surface area contributed by atoms with Crippen LogP contribution >= 0.6 is 12.4 Å². The Morgan fingerprint density at radius 3 is 2.17 bits per heavy atom. The third kappa shape index (κ3) is 2.71. The van der Waals surface area contributed by atoms with Crippen LogP contribution in [0.4, 0.5) is 14.5 Å². The Bertz CT molecular complexity index is 537. The number of ether oxygens (including phenoxy) is 1. The third-order valence-electron chi connectivity index (χ3n) is 2.48. The molecule has 0 atom stereocenters. The number of hydrogen-bond donors (Lipinski definition) is 1. The van der Waals surface area contributed by atoms with E-state index in [9.17, 15) is 8.78 Å². The highest BCUT2D eigenvalue weighted by molar-refractivity contribution is 5.85. The maximum absolute atomic E-state index is 13.3. The molecule has 0 aliphatic rings. The predicted molar refractivity (Wildman–Crippen MR) is 70.0 cm³/mol. The van der Waals surface area contributed by atoms with E-state index in [-0.39, 0.29) is 12.4 Å². The van der Waals surface area contributed by atoms with Gasteiger partial charge in [-0.2, -0.15) is 0 Å². The van der Waals surface area contributed by atoms with Crippen molar-refractivity contribution >= 4 is 18.1 Å². The van der Waals surface area contributed by atoms with Crippen LogP contribution in [0, 0.1) is 11.6 Å². The molecule has 2 N–H and O–H groups in total. The second-order valence-corrected chi connectivity index (χ2v) is 3.59. The van der Waals surface area contributed by atoms with E-state index in [0.717, 1.165) is 0 Å². The summed E-state index contributed by atoms with van der Waals surface area (Å²) in [6.45, 7) is 0. The molecule has 0 saturated heterocycles. The lowest BCUT2D eigenvalue weighted by Gasteiger charge is -2.06. The van der Waals surface area contributed by atoms with E-state index >= 15 is 0 Å². The Labute approximate surface area is 110 Å². The van der Waals surface area contributed by atoms with Crippen LogP contribution in [0.15, 0.2) is 36.4 Å². The molecular weight excluding hydrogens is 260 g/mol. The Morgan fingerprint density at radius 2 is 1.61 bits per heavy atom. The molecule has 0 bridgehead atoms. The summed E-state index contributed by atoms with van der Waals surface area (Å²) in [4.78, 5) is 0. The van der Waals surface area contributed by atoms with Crippen molar-refractivity contribution in [3.05, 3.63) is 48.0 Å². The van der Waals surface area contributed by atoms with Gasteiger partial charge in [-0.15, -0.1) is 12.4 Å². The van der Waals surface area contributed by atoms with Gasteiger partial charge in [0.1, 0.15) is 23.1 Å². The van der Waals surface area contributed by atoms with Crippen molar-refractivity contribution in [2.24, 2.45) is 0 Å². The van der Waals surface area contributed by atoms with E-state index in [2.05, 4.69) is 0 Å². The average molecular weight is 272 g/mol. The summed E-state index contributed by atoms with van der Waals surface area (Å²) >= 11 is 0. The third-order valence-corrected chi connectivity index (χ3v) is 2.48. The van der Waals surface area contributed by atoms with Gasteiger partial charge >= 0.3 is 0 Å². The first kappa shape index (κ1) is 14.3. The Balaban J connectivity index is 0.00000162. The molecule has 0 aliphatic heterocycles. The maximum atomic E-state index is 13.3. The monoisotopic (exact) mass is 271 g/mol. The molecule has 5 heteroatoms. The molecule has 0 spiro atoms. The van der Waals surface area contributed by atoms with Gasteiger partial charge in [0.05, 0.1) is 7.11 Å². The molecule has 2 aromatic carbocycles. The first-order valence-electron chi connectivity index (χ1n) is 5.01. The van der Waals surface area contributed by atoms with Crippen molar-refractivity contribution < 1.29 is 13.5 Å². The number of methoxy groups -OCH3 is 1. The lowest BCUT2D eigenvalue weighted by molar-refractivity contribution is 0.415. The molecular formula is C13H12ClF2NO. The van der Waals surface area contributed by atoms with Crippen LogP contribution in [0.25, 0.3) is 11.1 Å². The van der Waals surface area contributed by atoms with E-state index in [4.69, 9.17) is 10.5 Å². The van der Waals surface area contributed by atoms with E-state index in [1.54, 1.807) is 24.3 Å². The largest absolute Gasteiger partial charge is 0.497 e. The average Bonchev–Trinajstić information content (AvgIpc) is 2.35. The van der Waals surface area contributed by atoms with Gasteiger partial charge in [0.2, 0.25) is 0 Å². The fourth-order valence-electron chi connectivity index (χ4n) is 1.55. The standard InChI is InChI=1S/C13H11F2NO.ClH/c1-17-10-4-2-3-8(5-10)9-6-11(14)13(16)12(15)7-9;/h2-7H,16H2,1H3;1H. The summed E-state index contributed by atoms with van der Waals surface area (Å²) in [5, 5.41) is 0. The maximum Gasteiger partial charge on any atom is 0.149 e. The van der Waals surface area contributed by atoms with Gasteiger partial charge in [-0.3, -0.25) is 0 Å². The number of hydrogen-bond acceptors (Lipinski definition) is 2. The summed E-state index contributed by atoms with van der Waals surface area (Å²) in [5.74, 6) is -0.897. The first-order valence-corrected chi connectivity index (χ1v) is 5.01. The molecule has 0 fully saturated rings. The van der Waals surface area contributed by atoms with Crippen LogP contribution in [-0.4, -0.2) is 7.11 Å². The highest BCUT2D eigenvalue weighted by Crippen LogP contribution is 2.27. The Morgan fingerprint density at radius 1 is 1.00 bits per heavy atom. The summed E-state index contributed by atoms with van der Waals surface area (Å²) in [6.07, 6.45) is 0. The predicted octanol–water partition coefficient (Wildman–Crippen LogP) is 3.64. The van der Waals surface area contributed by atoms with Crippen molar-refractivity contribution in [2.45, 2.75) is 0 Å². The molecule has 0 aromatic heterocycles. The van der Waals surface area contributed by atoms with Crippen LogP contribution in [0.1, 0.15) is 0 Å². The minimum atomic E-state index is -0.761. The summed E-state index contributed by atoms with van der Waals surface area (Å²) in [5.41, 5.74) is 5.84. The van der Waals surface area contributed by atoms with Gasteiger partial charge in [-0.1, -0.05) is 12.1 Å². The lowest BCUT2D eigenvalue weighted by Crippen LogP contribution is -1.96. The number of nitrogen functional groups attached to an aromatic ring is 1. The van der Waals surface area contributed by atoms with Crippen molar-refractivity contribution in [3.63, 3.8) is 0 Å². The number of benzene rings is 2. The molecule has 0 radical (unpaired) electrons. The number of anilines is 1. The smallest absolute Gasteiger partial charge is 0.149 e. The Kier molecular flexibility index (Phi) is 4.50. The molecule has 2 nitrogen and oxygen atoms in total. The number of nitrogens with two attached hydrogens (primary N) is 1. The second kappa shape index (κ2) is 5.69. The SMILES string of the molecule is COc1cccc(-c2cc(F)c(N)c(F)c2)c1.Cl. The zero-order valence-electron chi connectivity index (χ0n) is 9.61. The van der Waals surface area contributed by atoms with Gasteiger partial charge in [0, 0.05) is 0 Å². The van der Waals surface area contributed by atoms with Crippen LogP contribution in [-0.2, 0) is 0 Å². The quantitative estimate of drug-likeness (QED) is 0.847. The van der Waals surface area contributed by atoms with Gasteiger partial charge < -0.3 is 10.5 Å². The molecule has 0 unspecified atom stereocenters. The number of halogens is 3. The molecule has 0 heterocycles. The van der Waals surface area contributed by atoms with E-state index in [0.29, 0.717) is 16.9 Å². The van der Waals surface area contributed by atoms with Crippen LogP contribution in [0.2, 0.25) is 0 Å². The lowest BCUT2D eigenvalue weighted by atomic mass is 10.0. The van der Waals surface area contributed by atoms with Crippen molar-refractivity contribution in [2.75, 3.05) is 12.8 Å². The van der Waals surface area contributed by atoms with E-state index in [1.165, 1.54) is 19.2 Å². The topological polar surface area (TPSA) is 35.2 Å². The normalized spacial score (nSPS) is 9.72. The van der Waals surface area contributed by atoms with Crippen LogP contribution in [0.3, 0.4) is 0 Å². The fraction of sp³-hybridized carbons (Fsp3) is 0.0769. The van der Waals surface area contributed by atoms with Gasteiger partial charge in [-0.25, -0.2) is 8.78 Å². The second-order valence-electron chi connectivity index (χ2n) is 3.59. The summed E-state index contributed by atoms with van der Waals surface area (Å²) < 4.78 is 31.7. The fourth-order valence-corrected chi connectivity index (χ4v) is 1.55. The molecule has 2 rings (SSSR count).